The number of aryl methyl sites for hydroxylation is 1. The van der Waals surface area contributed by atoms with E-state index >= 15 is 0 Å². The Kier molecular flexibility index (Phi) is 4.42. The zero-order chi connectivity index (χ0) is 14.5. The maximum atomic E-state index is 11.9. The van der Waals surface area contributed by atoms with E-state index in [2.05, 4.69) is 10.3 Å². The largest absolute Gasteiger partial charge is 0.389 e. The van der Waals surface area contributed by atoms with Crippen LogP contribution in [0.3, 0.4) is 0 Å². The predicted octanol–water partition coefficient (Wildman–Crippen LogP) is 2.21. The van der Waals surface area contributed by atoms with Crippen molar-refractivity contribution in [1.82, 2.24) is 4.98 Å². The van der Waals surface area contributed by atoms with Crippen molar-refractivity contribution in [2.24, 2.45) is 5.73 Å². The van der Waals surface area contributed by atoms with E-state index in [1.165, 1.54) is 0 Å². The number of amides is 1. The van der Waals surface area contributed by atoms with Gasteiger partial charge in [0.2, 0.25) is 5.91 Å². The Morgan fingerprint density at radius 1 is 1.25 bits per heavy atom. The van der Waals surface area contributed by atoms with Crippen LogP contribution in [0.4, 0.5) is 5.82 Å². The number of nitrogens with zero attached hydrogens (tertiary/aromatic N) is 1. The molecule has 0 fully saturated rings. The summed E-state index contributed by atoms with van der Waals surface area (Å²) in [5.74, 6) is 0.449. The maximum Gasteiger partial charge on any atom is 0.229 e. The van der Waals surface area contributed by atoms with Crippen molar-refractivity contribution in [2.45, 2.75) is 13.3 Å². The van der Waals surface area contributed by atoms with Crippen molar-refractivity contribution in [1.29, 1.82) is 0 Å². The van der Waals surface area contributed by atoms with Crippen molar-refractivity contribution < 1.29 is 4.79 Å². The fraction of sp³-hybridized carbons (Fsp3) is 0.133. The van der Waals surface area contributed by atoms with Gasteiger partial charge in [0.25, 0.3) is 0 Å². The van der Waals surface area contributed by atoms with Gasteiger partial charge in [-0.2, -0.15) is 0 Å². The van der Waals surface area contributed by atoms with Gasteiger partial charge in [-0.3, -0.25) is 4.79 Å². The summed E-state index contributed by atoms with van der Waals surface area (Å²) in [5.41, 5.74) is 8.27. The number of thiocarbonyl (C=S) groups is 1. The topological polar surface area (TPSA) is 68.0 Å². The van der Waals surface area contributed by atoms with Gasteiger partial charge in [-0.05, 0) is 24.1 Å². The molecule has 3 N–H and O–H groups in total. The van der Waals surface area contributed by atoms with Gasteiger partial charge in [0.1, 0.15) is 10.8 Å². The van der Waals surface area contributed by atoms with E-state index < -0.39 is 0 Å². The van der Waals surface area contributed by atoms with Gasteiger partial charge in [-0.1, -0.05) is 42.5 Å². The first kappa shape index (κ1) is 14.1. The summed E-state index contributed by atoms with van der Waals surface area (Å²) >= 11 is 4.88. The number of nitrogens with one attached hydrogen (secondary N) is 1. The first-order valence-corrected chi connectivity index (χ1v) is 6.56. The number of carbonyl (C=O) groups excluding carboxylic acids is 1. The molecule has 0 aliphatic heterocycles. The standard InChI is InChI=1S/C15H15N3OS/c1-10-2-7-13(17-9-10)18-14(19)8-11-3-5-12(6-4-11)15(16)20/h2-7,9H,8H2,1H3,(H2,16,20)(H,17,18,19). The minimum atomic E-state index is -0.107. The number of rotatable bonds is 4. The predicted molar refractivity (Wildman–Crippen MR) is 83.6 cm³/mol. The highest BCUT2D eigenvalue weighted by atomic mass is 32.1. The third kappa shape index (κ3) is 3.86. The summed E-state index contributed by atoms with van der Waals surface area (Å²) in [7, 11) is 0. The summed E-state index contributed by atoms with van der Waals surface area (Å²) in [6.07, 6.45) is 2.00. The molecule has 2 aromatic rings. The van der Waals surface area contributed by atoms with Crippen molar-refractivity contribution >= 4 is 28.9 Å². The van der Waals surface area contributed by atoms with Gasteiger partial charge in [-0.15, -0.1) is 0 Å². The van der Waals surface area contributed by atoms with E-state index in [1.54, 1.807) is 12.3 Å². The lowest BCUT2D eigenvalue weighted by molar-refractivity contribution is -0.115. The number of aromatic nitrogens is 1. The van der Waals surface area contributed by atoms with Gasteiger partial charge >= 0.3 is 0 Å². The number of hydrogen-bond donors (Lipinski definition) is 2. The minimum Gasteiger partial charge on any atom is -0.389 e. The SMILES string of the molecule is Cc1ccc(NC(=O)Cc2ccc(C(N)=S)cc2)nc1. The average molecular weight is 285 g/mol. The number of hydrogen-bond acceptors (Lipinski definition) is 3. The van der Waals surface area contributed by atoms with Gasteiger partial charge in [0.05, 0.1) is 6.42 Å². The van der Waals surface area contributed by atoms with Gasteiger partial charge in [-0.25, -0.2) is 4.98 Å². The normalized spacial score (nSPS) is 10.1. The monoisotopic (exact) mass is 285 g/mol. The van der Waals surface area contributed by atoms with Crippen LogP contribution in [0, 0.1) is 6.92 Å². The van der Waals surface area contributed by atoms with Crippen LogP contribution in [0.1, 0.15) is 16.7 Å². The summed E-state index contributed by atoms with van der Waals surface area (Å²) in [5, 5.41) is 2.75. The number of carbonyl (C=O) groups is 1. The molecule has 20 heavy (non-hydrogen) atoms. The third-order valence-electron chi connectivity index (χ3n) is 2.78. The molecule has 0 saturated carbocycles. The molecular weight excluding hydrogens is 270 g/mol. The van der Waals surface area contributed by atoms with Crippen LogP contribution in [0.5, 0.6) is 0 Å². The third-order valence-corrected chi connectivity index (χ3v) is 3.02. The van der Waals surface area contributed by atoms with Crippen LogP contribution >= 0.6 is 12.2 Å². The lowest BCUT2D eigenvalue weighted by Gasteiger charge is -2.05. The fourth-order valence-electron chi connectivity index (χ4n) is 1.70. The fourth-order valence-corrected chi connectivity index (χ4v) is 1.84. The molecule has 5 heteroatoms. The molecule has 0 saturated heterocycles. The number of nitrogens with two attached hydrogens (primary N) is 1. The molecule has 0 radical (unpaired) electrons. The average Bonchev–Trinajstić information content (AvgIpc) is 2.42. The smallest absolute Gasteiger partial charge is 0.229 e. The molecule has 0 bridgehead atoms. The molecule has 102 valence electrons. The van der Waals surface area contributed by atoms with E-state index in [-0.39, 0.29) is 12.3 Å². The van der Waals surface area contributed by atoms with E-state index in [0.29, 0.717) is 10.8 Å². The molecule has 0 spiro atoms. The lowest BCUT2D eigenvalue weighted by Crippen LogP contribution is -2.15. The Morgan fingerprint density at radius 3 is 2.50 bits per heavy atom. The Morgan fingerprint density at radius 2 is 1.95 bits per heavy atom. The molecule has 1 aromatic heterocycles. The van der Waals surface area contributed by atoms with Crippen LogP contribution in [-0.4, -0.2) is 15.9 Å². The first-order chi connectivity index (χ1) is 9.54. The van der Waals surface area contributed by atoms with Crippen LogP contribution in [0.15, 0.2) is 42.6 Å². The molecular formula is C15H15N3OS. The Labute approximate surface area is 123 Å². The summed E-state index contributed by atoms with van der Waals surface area (Å²) in [4.78, 5) is 16.4. The molecule has 0 aliphatic rings. The van der Waals surface area contributed by atoms with Crippen LogP contribution in [-0.2, 0) is 11.2 Å². The summed E-state index contributed by atoms with van der Waals surface area (Å²) in [6, 6.07) is 11.0. The Balaban J connectivity index is 1.97. The Bertz CT molecular complexity index is 621. The van der Waals surface area contributed by atoms with E-state index in [1.807, 2.05) is 37.3 Å². The molecule has 0 unspecified atom stereocenters. The van der Waals surface area contributed by atoms with Crippen molar-refractivity contribution in [3.63, 3.8) is 0 Å². The molecule has 4 nitrogen and oxygen atoms in total. The number of pyridine rings is 1. The zero-order valence-corrected chi connectivity index (χ0v) is 11.9. The van der Waals surface area contributed by atoms with Gasteiger partial charge in [0, 0.05) is 11.8 Å². The van der Waals surface area contributed by atoms with Crippen molar-refractivity contribution in [3.8, 4) is 0 Å². The molecule has 2 rings (SSSR count). The second-order valence-electron chi connectivity index (χ2n) is 4.51. The highest BCUT2D eigenvalue weighted by Crippen LogP contribution is 2.08. The molecule has 1 amide bonds. The molecule has 0 aliphatic carbocycles. The second kappa shape index (κ2) is 6.25. The Hall–Kier alpha value is -2.27. The highest BCUT2D eigenvalue weighted by molar-refractivity contribution is 7.80. The van der Waals surface area contributed by atoms with Gasteiger partial charge < -0.3 is 11.1 Å². The van der Waals surface area contributed by atoms with Crippen LogP contribution in [0.2, 0.25) is 0 Å². The lowest BCUT2D eigenvalue weighted by atomic mass is 10.1. The van der Waals surface area contributed by atoms with Crippen molar-refractivity contribution in [3.05, 3.63) is 59.3 Å². The molecule has 1 heterocycles. The van der Waals surface area contributed by atoms with E-state index in [0.717, 1.165) is 16.7 Å². The van der Waals surface area contributed by atoms with Crippen LogP contribution in [0.25, 0.3) is 0 Å². The molecule has 1 aromatic carbocycles. The quantitative estimate of drug-likeness (QED) is 0.845. The highest BCUT2D eigenvalue weighted by Gasteiger charge is 2.05. The van der Waals surface area contributed by atoms with E-state index in [4.69, 9.17) is 18.0 Å². The number of benzene rings is 1. The zero-order valence-electron chi connectivity index (χ0n) is 11.1. The maximum absolute atomic E-state index is 11.9. The number of anilines is 1. The first-order valence-electron chi connectivity index (χ1n) is 6.16. The molecule has 0 atom stereocenters. The van der Waals surface area contributed by atoms with Crippen LogP contribution < -0.4 is 11.1 Å². The summed E-state index contributed by atoms with van der Waals surface area (Å²) < 4.78 is 0. The summed E-state index contributed by atoms with van der Waals surface area (Å²) in [6.45, 7) is 1.95. The minimum absolute atomic E-state index is 0.107. The second-order valence-corrected chi connectivity index (χ2v) is 4.95. The van der Waals surface area contributed by atoms with E-state index in [9.17, 15) is 4.79 Å². The van der Waals surface area contributed by atoms with Gasteiger partial charge in [0.15, 0.2) is 0 Å². The van der Waals surface area contributed by atoms with Crippen molar-refractivity contribution in [2.75, 3.05) is 5.32 Å².